The van der Waals surface area contributed by atoms with Crippen LogP contribution in [0.2, 0.25) is 0 Å². The molecule has 0 bridgehead atoms. The van der Waals surface area contributed by atoms with Crippen LogP contribution in [0.15, 0.2) is 4.99 Å². The minimum absolute atomic E-state index is 0.466. The molecule has 4 nitrogen and oxygen atoms in total. The largest absolute Gasteiger partial charge is 0.340 e. The highest BCUT2D eigenvalue weighted by atomic mass is 35.5. The maximum atomic E-state index is 10.5. The van der Waals surface area contributed by atoms with Gasteiger partial charge in [0.25, 0.3) is 0 Å². The number of hydrogen-bond donors (Lipinski definition) is 1. The summed E-state index contributed by atoms with van der Waals surface area (Å²) in [5.41, 5.74) is -0.791. The third-order valence-electron chi connectivity index (χ3n) is 0.767. The van der Waals surface area contributed by atoms with Crippen molar-refractivity contribution in [3.8, 4) is 0 Å². The van der Waals surface area contributed by atoms with E-state index in [4.69, 9.17) is 23.4 Å². The SMILES string of the molecule is O=C1NC=NC(Cl)N1Cl. The first-order valence-corrected chi connectivity index (χ1v) is 2.90. The highest BCUT2D eigenvalue weighted by Crippen LogP contribution is 2.10. The van der Waals surface area contributed by atoms with Crippen LogP contribution in [0.3, 0.4) is 0 Å². The van der Waals surface area contributed by atoms with Crippen molar-refractivity contribution in [3.63, 3.8) is 0 Å². The number of carbonyl (C=O) groups is 1. The third kappa shape index (κ3) is 1.25. The van der Waals surface area contributed by atoms with Crippen molar-refractivity contribution in [2.24, 2.45) is 4.99 Å². The Morgan fingerprint density at radius 3 is 3.00 bits per heavy atom. The molecule has 0 fully saturated rings. The molecule has 0 saturated carbocycles. The van der Waals surface area contributed by atoms with Gasteiger partial charge in [0, 0.05) is 11.8 Å². The Kier molecular flexibility index (Phi) is 1.78. The first-order chi connectivity index (χ1) is 4.22. The van der Waals surface area contributed by atoms with Crippen molar-refractivity contribution in [1.82, 2.24) is 9.74 Å². The highest BCUT2D eigenvalue weighted by molar-refractivity contribution is 6.30. The number of urea groups is 1. The number of aliphatic imine (C=N–C) groups is 1. The van der Waals surface area contributed by atoms with Crippen LogP contribution in [0.5, 0.6) is 0 Å². The highest BCUT2D eigenvalue weighted by Gasteiger charge is 2.20. The summed E-state index contributed by atoms with van der Waals surface area (Å²) in [6.07, 6.45) is 1.21. The molecule has 0 aromatic carbocycles. The molecule has 1 atom stereocenters. The van der Waals surface area contributed by atoms with E-state index in [-0.39, 0.29) is 0 Å². The van der Waals surface area contributed by atoms with Gasteiger partial charge in [-0.2, -0.15) is 4.42 Å². The topological polar surface area (TPSA) is 44.7 Å². The molecule has 1 unspecified atom stereocenters. The van der Waals surface area contributed by atoms with Crippen LogP contribution in [0.25, 0.3) is 0 Å². The first kappa shape index (κ1) is 6.64. The van der Waals surface area contributed by atoms with Crippen LogP contribution in [0, 0.1) is 0 Å². The summed E-state index contributed by atoms with van der Waals surface area (Å²) in [4.78, 5) is 14.1. The van der Waals surface area contributed by atoms with Crippen molar-refractivity contribution in [2.45, 2.75) is 5.62 Å². The molecule has 0 spiro atoms. The molecule has 0 aromatic heterocycles. The summed E-state index contributed by atoms with van der Waals surface area (Å²) in [5.74, 6) is 0. The molecule has 0 aromatic rings. The zero-order valence-electron chi connectivity index (χ0n) is 4.21. The monoisotopic (exact) mass is 167 g/mol. The average Bonchev–Trinajstić information content (AvgIpc) is 1.83. The number of alkyl halides is 1. The fraction of sp³-hybridized carbons (Fsp3) is 0.333. The van der Waals surface area contributed by atoms with Gasteiger partial charge in [-0.3, -0.25) is 5.32 Å². The molecular weight excluding hydrogens is 165 g/mol. The number of hydrogen-bond acceptors (Lipinski definition) is 2. The van der Waals surface area contributed by atoms with Gasteiger partial charge >= 0.3 is 6.03 Å². The van der Waals surface area contributed by atoms with Crippen LogP contribution in [-0.4, -0.2) is 22.4 Å². The summed E-state index contributed by atoms with van der Waals surface area (Å²) in [7, 11) is 0. The summed E-state index contributed by atoms with van der Waals surface area (Å²) in [6.45, 7) is 0. The van der Waals surface area contributed by atoms with Gasteiger partial charge in [0.15, 0.2) is 0 Å². The number of nitrogens with one attached hydrogen (secondary N) is 1. The Labute approximate surface area is 61.5 Å². The first-order valence-electron chi connectivity index (χ1n) is 2.13. The Balaban J connectivity index is 2.69. The van der Waals surface area contributed by atoms with E-state index >= 15 is 0 Å². The molecule has 6 heteroatoms. The van der Waals surface area contributed by atoms with E-state index in [9.17, 15) is 4.79 Å². The van der Waals surface area contributed by atoms with Gasteiger partial charge in [-0.1, -0.05) is 11.6 Å². The fourth-order valence-corrected chi connectivity index (χ4v) is 0.615. The van der Waals surface area contributed by atoms with E-state index in [1.54, 1.807) is 0 Å². The molecular formula is C3H3Cl2N3O. The van der Waals surface area contributed by atoms with E-state index in [1.807, 2.05) is 0 Å². The van der Waals surface area contributed by atoms with Crippen LogP contribution < -0.4 is 5.32 Å². The predicted octanol–water partition coefficient (Wildman–Crippen LogP) is 0.716. The lowest BCUT2D eigenvalue weighted by Gasteiger charge is -2.18. The average molecular weight is 168 g/mol. The maximum Gasteiger partial charge on any atom is 0.340 e. The summed E-state index contributed by atoms with van der Waals surface area (Å²) in [6, 6.07) is -0.466. The number of carbonyl (C=O) groups excluding carboxylic acids is 1. The van der Waals surface area contributed by atoms with Gasteiger partial charge < -0.3 is 0 Å². The molecule has 0 aliphatic carbocycles. The Morgan fingerprint density at radius 2 is 2.56 bits per heavy atom. The standard InChI is InChI=1S/C3H3Cl2N3O/c4-2-6-1-7-3(9)8(2)5/h1-2H,(H,6,7,9). The predicted molar refractivity (Wildman–Crippen MR) is 34.4 cm³/mol. The minimum Gasteiger partial charge on any atom is -0.297 e. The normalized spacial score (nSPS) is 26.2. The summed E-state index contributed by atoms with van der Waals surface area (Å²) in [5, 5.41) is 2.24. The van der Waals surface area contributed by atoms with Gasteiger partial charge in [0.1, 0.15) is 0 Å². The van der Waals surface area contributed by atoms with Crippen molar-refractivity contribution < 1.29 is 4.79 Å². The molecule has 1 rings (SSSR count). The molecule has 0 saturated heterocycles. The van der Waals surface area contributed by atoms with Crippen LogP contribution in [0.1, 0.15) is 0 Å². The number of rotatable bonds is 0. The lowest BCUT2D eigenvalue weighted by atomic mass is 10.8. The van der Waals surface area contributed by atoms with Crippen molar-refractivity contribution in [3.05, 3.63) is 0 Å². The lowest BCUT2D eigenvalue weighted by molar-refractivity contribution is 0.225. The molecule has 1 heterocycles. The Bertz CT molecular complexity index is 159. The molecule has 1 aliphatic rings. The third-order valence-corrected chi connectivity index (χ3v) is 1.51. The zero-order valence-corrected chi connectivity index (χ0v) is 5.73. The van der Waals surface area contributed by atoms with Crippen molar-refractivity contribution in [1.29, 1.82) is 0 Å². The Hall–Kier alpha value is -0.480. The molecule has 2 amide bonds. The zero-order chi connectivity index (χ0) is 6.85. The van der Waals surface area contributed by atoms with E-state index in [0.717, 1.165) is 4.42 Å². The van der Waals surface area contributed by atoms with E-state index in [0.29, 0.717) is 0 Å². The number of amides is 2. The molecule has 9 heavy (non-hydrogen) atoms. The summed E-state index contributed by atoms with van der Waals surface area (Å²) >= 11 is 10.7. The van der Waals surface area contributed by atoms with E-state index < -0.39 is 11.7 Å². The number of nitrogens with zero attached hydrogens (tertiary/aromatic N) is 2. The van der Waals surface area contributed by atoms with Crippen LogP contribution >= 0.6 is 23.4 Å². The summed E-state index contributed by atoms with van der Waals surface area (Å²) < 4.78 is 0.765. The Morgan fingerprint density at radius 1 is 1.89 bits per heavy atom. The lowest BCUT2D eigenvalue weighted by Crippen LogP contribution is -2.41. The van der Waals surface area contributed by atoms with Gasteiger partial charge in [-0.25, -0.2) is 9.79 Å². The van der Waals surface area contributed by atoms with E-state index in [1.165, 1.54) is 6.34 Å². The van der Waals surface area contributed by atoms with Gasteiger partial charge in [0.2, 0.25) is 5.62 Å². The fourth-order valence-electron chi connectivity index (χ4n) is 0.371. The molecule has 50 valence electrons. The van der Waals surface area contributed by atoms with Gasteiger partial charge in [-0.05, 0) is 0 Å². The van der Waals surface area contributed by atoms with Gasteiger partial charge in [0.05, 0.1) is 6.34 Å². The second-order valence-corrected chi connectivity index (χ2v) is 2.10. The van der Waals surface area contributed by atoms with Crippen LogP contribution in [-0.2, 0) is 0 Å². The van der Waals surface area contributed by atoms with E-state index in [2.05, 4.69) is 10.3 Å². The number of halogens is 2. The van der Waals surface area contributed by atoms with Gasteiger partial charge in [-0.15, -0.1) is 0 Å². The quantitative estimate of drug-likeness (QED) is 0.323. The minimum atomic E-state index is -0.791. The van der Waals surface area contributed by atoms with Crippen molar-refractivity contribution in [2.75, 3.05) is 0 Å². The smallest absolute Gasteiger partial charge is 0.297 e. The molecule has 0 radical (unpaired) electrons. The van der Waals surface area contributed by atoms with Crippen LogP contribution in [0.4, 0.5) is 4.79 Å². The second kappa shape index (κ2) is 2.41. The second-order valence-electron chi connectivity index (χ2n) is 1.35. The maximum absolute atomic E-state index is 10.5. The van der Waals surface area contributed by atoms with Crippen molar-refractivity contribution >= 4 is 35.7 Å². The molecule has 1 N–H and O–H groups in total. The molecule has 1 aliphatic heterocycles.